The summed E-state index contributed by atoms with van der Waals surface area (Å²) < 4.78 is 0. The summed E-state index contributed by atoms with van der Waals surface area (Å²) in [5, 5.41) is 13.0. The van der Waals surface area contributed by atoms with Crippen molar-refractivity contribution in [1.29, 1.82) is 0 Å². The highest BCUT2D eigenvalue weighted by molar-refractivity contribution is 5.81. The summed E-state index contributed by atoms with van der Waals surface area (Å²) >= 11 is 0. The maximum Gasteiger partial charge on any atom is 0.238 e. The summed E-state index contributed by atoms with van der Waals surface area (Å²) in [6, 6.07) is 0.362. The number of aliphatic hydroxyl groups is 1. The fourth-order valence-electron chi connectivity index (χ4n) is 3.97. The van der Waals surface area contributed by atoms with Gasteiger partial charge in [0.25, 0.3) is 0 Å². The normalized spacial score (nSPS) is 38.6. The number of rotatable bonds is 2. The molecule has 2 aliphatic carbocycles. The number of aliphatic hydroxyl groups excluding tert-OH is 1. The van der Waals surface area contributed by atoms with E-state index in [0.717, 1.165) is 25.7 Å². The first kappa shape index (κ1) is 12.4. The summed E-state index contributed by atoms with van der Waals surface area (Å²) in [7, 11) is 0. The third kappa shape index (κ3) is 2.28. The number of carbonyl (C=O) groups excluding carboxylic acids is 1. The van der Waals surface area contributed by atoms with E-state index in [2.05, 4.69) is 10.2 Å². The average Bonchev–Trinajstić information content (AvgIpc) is 2.99. The van der Waals surface area contributed by atoms with Gasteiger partial charge in [0, 0.05) is 6.04 Å². The van der Waals surface area contributed by atoms with E-state index in [9.17, 15) is 9.90 Å². The number of nitrogens with one attached hydrogen (secondary N) is 1. The van der Waals surface area contributed by atoms with E-state index in [0.29, 0.717) is 18.5 Å². The Labute approximate surface area is 109 Å². The zero-order valence-electron chi connectivity index (χ0n) is 11.0. The smallest absolute Gasteiger partial charge is 0.238 e. The van der Waals surface area contributed by atoms with Crippen molar-refractivity contribution >= 4 is 5.91 Å². The summed E-state index contributed by atoms with van der Waals surface area (Å²) in [6.45, 7) is 0.514. The summed E-state index contributed by atoms with van der Waals surface area (Å²) in [5.41, 5.74) is 0. The second kappa shape index (κ2) is 5.17. The lowest BCUT2D eigenvalue weighted by atomic mass is 9.90. The van der Waals surface area contributed by atoms with Crippen LogP contribution in [-0.2, 0) is 4.79 Å². The van der Waals surface area contributed by atoms with Gasteiger partial charge in [-0.3, -0.25) is 10.1 Å². The van der Waals surface area contributed by atoms with Crippen molar-refractivity contribution < 1.29 is 9.90 Å². The van der Waals surface area contributed by atoms with Crippen molar-refractivity contribution in [3.8, 4) is 0 Å². The van der Waals surface area contributed by atoms with E-state index in [4.69, 9.17) is 0 Å². The highest BCUT2D eigenvalue weighted by atomic mass is 16.3. The fourth-order valence-corrected chi connectivity index (χ4v) is 3.97. The Balaban J connectivity index is 1.68. The molecule has 0 bridgehead atoms. The quantitative estimate of drug-likeness (QED) is 0.777. The molecule has 1 saturated heterocycles. The van der Waals surface area contributed by atoms with Crippen LogP contribution >= 0.6 is 0 Å². The van der Waals surface area contributed by atoms with Crippen LogP contribution in [0.3, 0.4) is 0 Å². The molecule has 0 aromatic rings. The first-order valence-electron chi connectivity index (χ1n) is 7.48. The molecule has 0 aromatic heterocycles. The van der Waals surface area contributed by atoms with Gasteiger partial charge in [0.15, 0.2) is 0 Å². The maximum atomic E-state index is 12.1. The molecule has 3 rings (SSSR count). The minimum absolute atomic E-state index is 0.142. The van der Waals surface area contributed by atoms with Gasteiger partial charge in [0.1, 0.15) is 0 Å². The van der Waals surface area contributed by atoms with Crippen LogP contribution in [0, 0.1) is 5.92 Å². The second-order valence-electron chi connectivity index (χ2n) is 6.13. The number of hydrogen-bond donors (Lipinski definition) is 2. The van der Waals surface area contributed by atoms with E-state index in [1.54, 1.807) is 0 Å². The molecular weight excluding hydrogens is 228 g/mol. The first-order chi connectivity index (χ1) is 8.75. The van der Waals surface area contributed by atoms with Crippen LogP contribution in [0.2, 0.25) is 0 Å². The van der Waals surface area contributed by atoms with Gasteiger partial charge in [-0.1, -0.05) is 12.8 Å². The van der Waals surface area contributed by atoms with Gasteiger partial charge in [0.2, 0.25) is 5.91 Å². The third-order valence-electron chi connectivity index (χ3n) is 4.96. The molecule has 0 radical (unpaired) electrons. The van der Waals surface area contributed by atoms with Crippen molar-refractivity contribution in [2.24, 2.45) is 5.92 Å². The predicted molar refractivity (Wildman–Crippen MR) is 68.9 cm³/mol. The Bertz CT molecular complexity index is 307. The van der Waals surface area contributed by atoms with E-state index >= 15 is 0 Å². The van der Waals surface area contributed by atoms with Gasteiger partial charge in [-0.05, 0) is 44.4 Å². The van der Waals surface area contributed by atoms with E-state index in [1.807, 2.05) is 0 Å². The molecule has 4 nitrogen and oxygen atoms in total. The lowest BCUT2D eigenvalue weighted by molar-refractivity contribution is -0.132. The van der Waals surface area contributed by atoms with Gasteiger partial charge in [-0.15, -0.1) is 0 Å². The predicted octanol–water partition coefficient (Wildman–Crippen LogP) is 1.24. The van der Waals surface area contributed by atoms with E-state index in [1.165, 1.54) is 25.7 Å². The van der Waals surface area contributed by atoms with Crippen molar-refractivity contribution in [2.75, 3.05) is 6.54 Å². The molecule has 1 amide bonds. The summed E-state index contributed by atoms with van der Waals surface area (Å²) in [4.78, 5) is 14.2. The number of amides is 1. The molecule has 1 aliphatic heterocycles. The molecule has 3 fully saturated rings. The fraction of sp³-hybridized carbons (Fsp3) is 0.929. The minimum atomic E-state index is -0.142. The van der Waals surface area contributed by atoms with Crippen molar-refractivity contribution in [1.82, 2.24) is 10.2 Å². The van der Waals surface area contributed by atoms with Crippen LogP contribution in [0.5, 0.6) is 0 Å². The zero-order valence-corrected chi connectivity index (χ0v) is 11.0. The SMILES string of the molecule is O=C1CNC(C2CCCC2)N1C1CCC(O)CC1. The number of hydrogen-bond acceptors (Lipinski definition) is 3. The molecular formula is C14H24N2O2. The van der Waals surface area contributed by atoms with Gasteiger partial charge in [-0.2, -0.15) is 0 Å². The monoisotopic (exact) mass is 252 g/mol. The zero-order chi connectivity index (χ0) is 12.5. The van der Waals surface area contributed by atoms with Crippen LogP contribution < -0.4 is 5.32 Å². The van der Waals surface area contributed by atoms with E-state index < -0.39 is 0 Å². The van der Waals surface area contributed by atoms with Crippen LogP contribution in [0.25, 0.3) is 0 Å². The van der Waals surface area contributed by atoms with Gasteiger partial charge in [-0.25, -0.2) is 0 Å². The molecule has 0 spiro atoms. The minimum Gasteiger partial charge on any atom is -0.393 e. The summed E-state index contributed by atoms with van der Waals surface area (Å²) in [5.74, 6) is 0.927. The van der Waals surface area contributed by atoms with Crippen LogP contribution in [-0.4, -0.2) is 40.8 Å². The topological polar surface area (TPSA) is 52.6 Å². The van der Waals surface area contributed by atoms with Crippen LogP contribution in [0.15, 0.2) is 0 Å². The van der Waals surface area contributed by atoms with Gasteiger partial charge in [0.05, 0.1) is 18.8 Å². The maximum absolute atomic E-state index is 12.1. The largest absolute Gasteiger partial charge is 0.393 e. The van der Waals surface area contributed by atoms with Gasteiger partial charge >= 0.3 is 0 Å². The first-order valence-corrected chi connectivity index (χ1v) is 7.48. The molecule has 1 unspecified atom stereocenters. The Morgan fingerprint density at radius 2 is 1.72 bits per heavy atom. The molecule has 4 heteroatoms. The lowest BCUT2D eigenvalue weighted by Crippen LogP contribution is -2.49. The Kier molecular flexibility index (Phi) is 3.57. The van der Waals surface area contributed by atoms with Crippen molar-refractivity contribution in [3.05, 3.63) is 0 Å². The molecule has 1 heterocycles. The molecule has 2 saturated carbocycles. The summed E-state index contributed by atoms with van der Waals surface area (Å²) in [6.07, 6.45) is 8.93. The highest BCUT2D eigenvalue weighted by Crippen LogP contribution is 2.34. The molecule has 3 aliphatic rings. The molecule has 2 N–H and O–H groups in total. The van der Waals surface area contributed by atoms with Crippen LogP contribution in [0.1, 0.15) is 51.4 Å². The van der Waals surface area contributed by atoms with Crippen molar-refractivity contribution in [3.63, 3.8) is 0 Å². The second-order valence-corrected chi connectivity index (χ2v) is 6.13. The molecule has 0 aromatic carbocycles. The Hall–Kier alpha value is -0.610. The highest BCUT2D eigenvalue weighted by Gasteiger charge is 2.41. The number of carbonyl (C=O) groups is 1. The van der Waals surface area contributed by atoms with Crippen molar-refractivity contribution in [2.45, 2.75) is 69.7 Å². The third-order valence-corrected chi connectivity index (χ3v) is 4.96. The lowest BCUT2D eigenvalue weighted by Gasteiger charge is -2.38. The molecule has 18 heavy (non-hydrogen) atoms. The Morgan fingerprint density at radius 1 is 1.06 bits per heavy atom. The molecule has 1 atom stereocenters. The average molecular weight is 252 g/mol. The standard InChI is InChI=1S/C14H24N2O2/c17-12-7-5-11(6-8-12)16-13(18)9-15-14(16)10-3-1-2-4-10/h10-12,14-15,17H,1-9H2. The van der Waals surface area contributed by atoms with E-state index in [-0.39, 0.29) is 18.2 Å². The molecule has 102 valence electrons. The number of nitrogens with zero attached hydrogens (tertiary/aromatic N) is 1. The Morgan fingerprint density at radius 3 is 2.39 bits per heavy atom. The van der Waals surface area contributed by atoms with Gasteiger partial charge < -0.3 is 10.0 Å². The van der Waals surface area contributed by atoms with Crippen LogP contribution in [0.4, 0.5) is 0 Å².